The Balaban J connectivity index is 2.41. The molecular weight excluding hydrogens is 327 g/mol. The highest BCUT2D eigenvalue weighted by Crippen LogP contribution is 2.34. The minimum Gasteiger partial charge on any atom is -0.508 e. The first-order valence-corrected chi connectivity index (χ1v) is 7.47. The van der Waals surface area contributed by atoms with Crippen molar-refractivity contribution in [1.82, 2.24) is 9.72 Å². The van der Waals surface area contributed by atoms with Crippen molar-refractivity contribution in [3.8, 4) is 22.7 Å². The fourth-order valence-corrected chi connectivity index (χ4v) is 2.94. The predicted molar refractivity (Wildman–Crippen MR) is 89.6 cm³/mol. The summed E-state index contributed by atoms with van der Waals surface area (Å²) in [6.45, 7) is 5.23. The average Bonchev–Trinajstić information content (AvgIpc) is 3.06. The van der Waals surface area contributed by atoms with E-state index >= 15 is 0 Å². The minimum atomic E-state index is -0.600. The second kappa shape index (κ2) is 5.97. The van der Waals surface area contributed by atoms with Crippen LogP contribution in [0.15, 0.2) is 33.9 Å². The molecule has 0 unspecified atom stereocenters. The Morgan fingerprint density at radius 1 is 1.28 bits per heavy atom. The van der Waals surface area contributed by atoms with Gasteiger partial charge in [0.1, 0.15) is 22.9 Å². The van der Waals surface area contributed by atoms with Crippen LogP contribution in [0.2, 0.25) is 0 Å². The third-order valence-corrected chi connectivity index (χ3v) is 3.99. The SMILES string of the molecule is Cc1cc(-c2ccc(O)cc2F)n(-c2c(C)noc2C)c1/C(N)=N/O. The Hall–Kier alpha value is -3.29. The number of halogens is 1. The van der Waals surface area contributed by atoms with Crippen molar-refractivity contribution in [3.05, 3.63) is 52.8 Å². The smallest absolute Gasteiger partial charge is 0.187 e. The van der Waals surface area contributed by atoms with Gasteiger partial charge in [0.2, 0.25) is 0 Å². The molecule has 1 aromatic carbocycles. The monoisotopic (exact) mass is 344 g/mol. The Morgan fingerprint density at radius 3 is 2.56 bits per heavy atom. The van der Waals surface area contributed by atoms with E-state index in [2.05, 4.69) is 10.3 Å². The number of nitrogens with zero attached hydrogens (tertiary/aromatic N) is 3. The molecule has 3 aromatic rings. The average molecular weight is 344 g/mol. The molecular formula is C17H17FN4O3. The first-order chi connectivity index (χ1) is 11.8. The Kier molecular flexibility index (Phi) is 3.96. The number of benzene rings is 1. The van der Waals surface area contributed by atoms with Crippen LogP contribution >= 0.6 is 0 Å². The van der Waals surface area contributed by atoms with E-state index in [0.29, 0.717) is 34.1 Å². The lowest BCUT2D eigenvalue weighted by Gasteiger charge is -2.13. The lowest BCUT2D eigenvalue weighted by molar-refractivity contribution is 0.318. The van der Waals surface area contributed by atoms with Crippen LogP contribution in [0.3, 0.4) is 0 Å². The van der Waals surface area contributed by atoms with Crippen LogP contribution in [0.1, 0.15) is 22.7 Å². The molecule has 3 rings (SSSR count). The van der Waals surface area contributed by atoms with E-state index in [1.165, 1.54) is 12.1 Å². The van der Waals surface area contributed by atoms with Gasteiger partial charge in [-0.05, 0) is 44.5 Å². The molecule has 0 radical (unpaired) electrons. The molecule has 2 heterocycles. The van der Waals surface area contributed by atoms with Gasteiger partial charge in [0.05, 0.1) is 11.4 Å². The summed E-state index contributed by atoms with van der Waals surface area (Å²) < 4.78 is 21.3. The minimum absolute atomic E-state index is 0.122. The highest BCUT2D eigenvalue weighted by atomic mass is 19.1. The summed E-state index contributed by atoms with van der Waals surface area (Å²) >= 11 is 0. The molecule has 0 spiro atoms. The number of phenols is 1. The number of oxime groups is 1. The van der Waals surface area contributed by atoms with Crippen molar-refractivity contribution in [2.45, 2.75) is 20.8 Å². The summed E-state index contributed by atoms with van der Waals surface area (Å²) in [6, 6.07) is 5.60. The summed E-state index contributed by atoms with van der Waals surface area (Å²) in [6.07, 6.45) is 0. The normalized spacial score (nSPS) is 11.9. The number of amidine groups is 1. The van der Waals surface area contributed by atoms with Gasteiger partial charge < -0.3 is 25.1 Å². The van der Waals surface area contributed by atoms with Crippen LogP contribution in [0.25, 0.3) is 16.9 Å². The van der Waals surface area contributed by atoms with Crippen LogP contribution < -0.4 is 5.73 Å². The van der Waals surface area contributed by atoms with E-state index in [0.717, 1.165) is 6.07 Å². The van der Waals surface area contributed by atoms with Crippen molar-refractivity contribution in [1.29, 1.82) is 0 Å². The van der Waals surface area contributed by atoms with E-state index < -0.39 is 5.82 Å². The third kappa shape index (κ3) is 2.61. The second-order valence-electron chi connectivity index (χ2n) is 5.72. The topological polar surface area (TPSA) is 110 Å². The lowest BCUT2D eigenvalue weighted by Crippen LogP contribution is -2.20. The summed E-state index contributed by atoms with van der Waals surface area (Å²) in [4.78, 5) is 0. The zero-order valence-electron chi connectivity index (χ0n) is 13.9. The van der Waals surface area contributed by atoms with Crippen LogP contribution in [-0.4, -0.2) is 25.9 Å². The first-order valence-electron chi connectivity index (χ1n) is 7.47. The highest BCUT2D eigenvalue weighted by Gasteiger charge is 2.24. The fourth-order valence-electron chi connectivity index (χ4n) is 2.94. The van der Waals surface area contributed by atoms with Gasteiger partial charge in [-0.15, -0.1) is 0 Å². The van der Waals surface area contributed by atoms with E-state index in [1.54, 1.807) is 31.4 Å². The summed E-state index contributed by atoms with van der Waals surface area (Å²) in [5.74, 6) is -0.398. The number of nitrogens with two attached hydrogens (primary N) is 1. The molecule has 0 amide bonds. The quantitative estimate of drug-likeness (QED) is 0.293. The molecule has 0 bridgehead atoms. The number of aryl methyl sites for hydroxylation is 3. The molecule has 0 saturated carbocycles. The van der Waals surface area contributed by atoms with Gasteiger partial charge >= 0.3 is 0 Å². The summed E-state index contributed by atoms with van der Waals surface area (Å²) in [7, 11) is 0. The first kappa shape index (κ1) is 16.6. The number of aromatic nitrogens is 2. The number of rotatable bonds is 3. The van der Waals surface area contributed by atoms with Gasteiger partial charge in [0.15, 0.2) is 11.6 Å². The number of hydrogen-bond acceptors (Lipinski definition) is 5. The van der Waals surface area contributed by atoms with Gasteiger partial charge in [-0.2, -0.15) is 0 Å². The van der Waals surface area contributed by atoms with Crippen molar-refractivity contribution >= 4 is 5.84 Å². The molecule has 2 aromatic heterocycles. The maximum absolute atomic E-state index is 14.5. The molecule has 0 fully saturated rings. The number of hydrogen-bond donors (Lipinski definition) is 3. The van der Waals surface area contributed by atoms with E-state index in [4.69, 9.17) is 15.5 Å². The number of aromatic hydroxyl groups is 1. The maximum atomic E-state index is 14.5. The maximum Gasteiger partial charge on any atom is 0.187 e. The Labute approximate surface area is 142 Å². The van der Waals surface area contributed by atoms with Crippen molar-refractivity contribution in [2.24, 2.45) is 10.9 Å². The Bertz CT molecular complexity index is 969. The van der Waals surface area contributed by atoms with Crippen LogP contribution in [0.5, 0.6) is 5.75 Å². The van der Waals surface area contributed by atoms with Crippen LogP contribution in [0, 0.1) is 26.6 Å². The van der Waals surface area contributed by atoms with E-state index in [1.807, 2.05) is 0 Å². The van der Waals surface area contributed by atoms with Crippen molar-refractivity contribution in [2.75, 3.05) is 0 Å². The van der Waals surface area contributed by atoms with Crippen LogP contribution in [0.4, 0.5) is 4.39 Å². The molecule has 0 atom stereocenters. The van der Waals surface area contributed by atoms with Gasteiger partial charge in [0, 0.05) is 11.6 Å². The molecule has 0 aliphatic heterocycles. The second-order valence-corrected chi connectivity index (χ2v) is 5.72. The van der Waals surface area contributed by atoms with Gasteiger partial charge in [-0.25, -0.2) is 4.39 Å². The van der Waals surface area contributed by atoms with Gasteiger partial charge in [0.25, 0.3) is 0 Å². The molecule has 25 heavy (non-hydrogen) atoms. The van der Waals surface area contributed by atoms with Gasteiger partial charge in [-0.1, -0.05) is 10.3 Å². The summed E-state index contributed by atoms with van der Waals surface area (Å²) in [5, 5.41) is 25.6. The highest BCUT2D eigenvalue weighted by molar-refractivity contribution is 5.99. The third-order valence-electron chi connectivity index (χ3n) is 3.99. The fraction of sp³-hybridized carbons (Fsp3) is 0.176. The zero-order chi connectivity index (χ0) is 18.3. The summed E-state index contributed by atoms with van der Waals surface area (Å²) in [5.41, 5.74) is 8.79. The molecule has 8 heteroatoms. The lowest BCUT2D eigenvalue weighted by atomic mass is 10.1. The largest absolute Gasteiger partial charge is 0.508 e. The van der Waals surface area contributed by atoms with Crippen LogP contribution in [-0.2, 0) is 0 Å². The predicted octanol–water partition coefficient (Wildman–Crippen LogP) is 3.00. The van der Waals surface area contributed by atoms with Crippen molar-refractivity contribution < 1.29 is 19.2 Å². The van der Waals surface area contributed by atoms with E-state index in [-0.39, 0.29) is 17.1 Å². The standard InChI is InChI=1S/C17H17FN4O3/c1-8-6-14(12-5-4-11(23)7-13(12)18)22(15(8)17(19)20-24)16-9(2)21-25-10(16)3/h4-7,23-24H,1-3H3,(H2,19,20). The molecule has 0 aliphatic rings. The zero-order valence-corrected chi connectivity index (χ0v) is 13.9. The molecule has 4 N–H and O–H groups in total. The van der Waals surface area contributed by atoms with Gasteiger partial charge in [-0.3, -0.25) is 0 Å². The van der Waals surface area contributed by atoms with Crippen molar-refractivity contribution in [3.63, 3.8) is 0 Å². The van der Waals surface area contributed by atoms with E-state index in [9.17, 15) is 9.50 Å². The molecule has 7 nitrogen and oxygen atoms in total. The molecule has 0 aliphatic carbocycles. The molecule has 130 valence electrons. The Morgan fingerprint density at radius 2 is 2.00 bits per heavy atom. The number of phenolic OH excluding ortho intramolecular Hbond substituents is 1. The molecule has 0 saturated heterocycles.